The smallest absolute Gasteiger partial charge is 0.394 e. The van der Waals surface area contributed by atoms with E-state index in [9.17, 15) is 19.6 Å². The fourth-order valence-corrected chi connectivity index (χ4v) is 2.25. The predicted octanol–water partition coefficient (Wildman–Crippen LogP) is -2.32. The van der Waals surface area contributed by atoms with Gasteiger partial charge >= 0.3 is 7.82 Å². The molecule has 0 saturated carbocycles. The first-order chi connectivity index (χ1) is 11.2. The number of nitrogen functional groups attached to an aromatic ring is 1. The molecule has 2 aromatic rings. The van der Waals surface area contributed by atoms with Crippen LogP contribution in [0.2, 0.25) is 0 Å². The highest BCUT2D eigenvalue weighted by Crippen LogP contribution is 2.36. The lowest BCUT2D eigenvalue weighted by atomic mass is 10.4. The number of nitrogens with zero attached hydrogens (tertiary/aromatic N) is 3. The Morgan fingerprint density at radius 3 is 2.67 bits per heavy atom. The van der Waals surface area contributed by atoms with Crippen molar-refractivity contribution in [3.8, 4) is 0 Å². The van der Waals surface area contributed by atoms with Gasteiger partial charge in [0.2, 0.25) is 5.95 Å². The van der Waals surface area contributed by atoms with E-state index in [-0.39, 0.29) is 17.1 Å². The molecule has 0 aliphatic carbocycles. The summed E-state index contributed by atoms with van der Waals surface area (Å²) in [6, 6.07) is 0. The molecular weight excluding hydrogens is 349 g/mol. The zero-order chi connectivity index (χ0) is 17.9. The highest BCUT2D eigenvalue weighted by atomic mass is 31.2. The summed E-state index contributed by atoms with van der Waals surface area (Å²) < 4.78 is 21.5. The van der Waals surface area contributed by atoms with Crippen molar-refractivity contribution in [1.82, 2.24) is 19.5 Å². The number of aliphatic hydroxyl groups excluding tert-OH is 2. The van der Waals surface area contributed by atoms with E-state index < -0.39 is 45.5 Å². The summed E-state index contributed by atoms with van der Waals surface area (Å²) >= 11 is 0. The number of phosphoric ester groups is 1. The lowest BCUT2D eigenvalue weighted by molar-refractivity contribution is -0.109. The van der Waals surface area contributed by atoms with Gasteiger partial charge in [0.15, 0.2) is 17.4 Å². The topological polar surface area (TPSA) is 206 Å². The molecule has 0 aliphatic rings. The van der Waals surface area contributed by atoms with Gasteiger partial charge in [-0.25, -0.2) is 9.55 Å². The van der Waals surface area contributed by atoms with Crippen molar-refractivity contribution in [2.45, 2.75) is 12.3 Å². The molecule has 2 aromatic heterocycles. The van der Waals surface area contributed by atoms with E-state index >= 15 is 0 Å². The molecule has 0 saturated heterocycles. The molecule has 134 valence electrons. The molecule has 0 aliphatic heterocycles. The fraction of sp³-hybridized carbons (Fsp3) is 0.500. The molecule has 2 atom stereocenters. The number of anilines is 1. The first-order valence-corrected chi connectivity index (χ1v) is 8.07. The van der Waals surface area contributed by atoms with Gasteiger partial charge in [-0.15, -0.1) is 0 Å². The van der Waals surface area contributed by atoms with Crippen molar-refractivity contribution in [2.75, 3.05) is 25.6 Å². The fourth-order valence-electron chi connectivity index (χ4n) is 1.89. The number of hydrogen-bond donors (Lipinski definition) is 6. The van der Waals surface area contributed by atoms with E-state index in [1.165, 1.54) is 10.9 Å². The van der Waals surface area contributed by atoms with Gasteiger partial charge in [-0.2, -0.15) is 4.98 Å². The second-order valence-corrected chi connectivity index (χ2v) is 5.88. The number of imidazole rings is 1. The average molecular weight is 365 g/mol. The van der Waals surface area contributed by atoms with Crippen molar-refractivity contribution in [1.29, 1.82) is 0 Å². The zero-order valence-electron chi connectivity index (χ0n) is 12.1. The number of fused-ring (bicyclic) bond motifs is 1. The minimum Gasteiger partial charge on any atom is -0.394 e. The Morgan fingerprint density at radius 1 is 1.38 bits per heavy atom. The third-order valence-electron chi connectivity index (χ3n) is 2.90. The zero-order valence-corrected chi connectivity index (χ0v) is 13.0. The monoisotopic (exact) mass is 365 g/mol. The van der Waals surface area contributed by atoms with Gasteiger partial charge in [-0.3, -0.25) is 18.9 Å². The first kappa shape index (κ1) is 18.5. The van der Waals surface area contributed by atoms with Crippen LogP contribution in [0.15, 0.2) is 11.1 Å². The Balaban J connectivity index is 2.25. The minimum atomic E-state index is -4.74. The van der Waals surface area contributed by atoms with E-state index in [4.69, 9.17) is 20.3 Å². The Morgan fingerprint density at radius 2 is 2.08 bits per heavy atom. The van der Waals surface area contributed by atoms with Crippen LogP contribution in [0, 0.1) is 0 Å². The van der Waals surface area contributed by atoms with Gasteiger partial charge in [0.25, 0.3) is 5.56 Å². The van der Waals surface area contributed by atoms with E-state index in [0.29, 0.717) is 0 Å². The number of nitrogens with two attached hydrogens (primary N) is 1. The molecule has 0 aromatic carbocycles. The van der Waals surface area contributed by atoms with Crippen molar-refractivity contribution >= 4 is 24.9 Å². The van der Waals surface area contributed by atoms with Crippen LogP contribution in [-0.2, 0) is 13.8 Å². The number of rotatable bonds is 8. The second-order valence-electron chi connectivity index (χ2n) is 4.64. The standard InChI is InChI=1S/C10H16N5O8P/c11-10-13-8-7(9(18)14-10)12-4-15(8)6(2-17)23-5(1-16)3-22-24(19,20)21/h4-6,16-17H,1-3H2,(H2,19,20,21)(H3,11,13,14,18)/t5-,6+/m0/s1. The van der Waals surface area contributed by atoms with Crippen molar-refractivity contribution in [2.24, 2.45) is 0 Å². The molecule has 0 unspecified atom stereocenters. The predicted molar refractivity (Wildman–Crippen MR) is 78.6 cm³/mol. The Hall–Kier alpha value is -1.86. The summed E-state index contributed by atoms with van der Waals surface area (Å²) in [5.74, 6) is -0.172. The number of H-pyrrole nitrogens is 1. The molecule has 0 spiro atoms. The van der Waals surface area contributed by atoms with Crippen LogP contribution in [0.1, 0.15) is 6.23 Å². The average Bonchev–Trinajstić information content (AvgIpc) is 2.90. The molecule has 14 heteroatoms. The highest BCUT2D eigenvalue weighted by molar-refractivity contribution is 7.46. The maximum atomic E-state index is 11.7. The molecule has 0 radical (unpaired) electrons. The van der Waals surface area contributed by atoms with E-state index in [1.54, 1.807) is 0 Å². The Labute approximate surface area is 133 Å². The van der Waals surface area contributed by atoms with Crippen molar-refractivity contribution < 1.29 is 33.8 Å². The summed E-state index contributed by atoms with van der Waals surface area (Å²) in [6.45, 7) is -1.87. The van der Waals surface area contributed by atoms with Crippen LogP contribution in [0.3, 0.4) is 0 Å². The summed E-state index contributed by atoms with van der Waals surface area (Å²) in [6.07, 6.45) is -1.14. The first-order valence-electron chi connectivity index (χ1n) is 6.54. The maximum absolute atomic E-state index is 11.7. The van der Waals surface area contributed by atoms with Crippen molar-refractivity contribution in [3.63, 3.8) is 0 Å². The number of nitrogens with one attached hydrogen (secondary N) is 1. The Kier molecular flexibility index (Phi) is 5.66. The summed E-state index contributed by atoms with van der Waals surface area (Å²) in [5, 5.41) is 18.7. The molecule has 0 amide bonds. The van der Waals surface area contributed by atoms with E-state index in [1.807, 2.05) is 0 Å². The molecule has 13 nitrogen and oxygen atoms in total. The Bertz CT molecular complexity index is 800. The van der Waals surface area contributed by atoms with Crippen LogP contribution in [0.4, 0.5) is 5.95 Å². The minimum absolute atomic E-state index is 0.0305. The van der Waals surface area contributed by atoms with Crippen molar-refractivity contribution in [3.05, 3.63) is 16.7 Å². The molecular formula is C10H16N5O8P. The van der Waals surface area contributed by atoms with E-state index in [2.05, 4.69) is 19.5 Å². The second kappa shape index (κ2) is 7.36. The largest absolute Gasteiger partial charge is 0.469 e. The number of phosphoric acid groups is 1. The lowest BCUT2D eigenvalue weighted by Crippen LogP contribution is -2.29. The number of ether oxygens (including phenoxy) is 1. The number of aliphatic hydroxyl groups is 2. The normalized spacial score (nSPS) is 14.8. The molecule has 0 bridgehead atoms. The van der Waals surface area contributed by atoms with Crippen LogP contribution in [-0.4, -0.2) is 65.4 Å². The molecule has 2 heterocycles. The van der Waals surface area contributed by atoms with E-state index in [0.717, 1.165) is 0 Å². The van der Waals surface area contributed by atoms with Gasteiger partial charge in [0.05, 0.1) is 26.1 Å². The van der Waals surface area contributed by atoms with Crippen LogP contribution in [0.5, 0.6) is 0 Å². The van der Waals surface area contributed by atoms with Gasteiger partial charge in [-0.05, 0) is 0 Å². The summed E-state index contributed by atoms with van der Waals surface area (Å²) in [4.78, 5) is 39.0. The molecule has 24 heavy (non-hydrogen) atoms. The lowest BCUT2D eigenvalue weighted by Gasteiger charge is -2.23. The number of aromatic nitrogens is 4. The molecule has 7 N–H and O–H groups in total. The quantitative estimate of drug-likeness (QED) is 0.274. The number of aromatic amines is 1. The van der Waals surface area contributed by atoms with Gasteiger partial charge in [0, 0.05) is 0 Å². The summed E-state index contributed by atoms with van der Waals surface area (Å²) in [5.41, 5.74) is 4.86. The molecule has 2 rings (SSSR count). The number of hydrogen-bond acceptors (Lipinski definition) is 9. The van der Waals surface area contributed by atoms with Crippen LogP contribution in [0.25, 0.3) is 11.2 Å². The SMILES string of the molecule is Nc1nc2c(ncn2[C@@H](CO)O[C@@H](CO)COP(=O)(O)O)c(=O)[nH]1. The van der Waals surface area contributed by atoms with Gasteiger partial charge in [-0.1, -0.05) is 0 Å². The van der Waals surface area contributed by atoms with Crippen LogP contribution >= 0.6 is 7.82 Å². The highest BCUT2D eigenvalue weighted by Gasteiger charge is 2.24. The molecule has 0 fully saturated rings. The van der Waals surface area contributed by atoms with Crippen LogP contribution < -0.4 is 11.3 Å². The maximum Gasteiger partial charge on any atom is 0.469 e. The third kappa shape index (κ3) is 4.36. The summed E-state index contributed by atoms with van der Waals surface area (Å²) in [7, 11) is -4.74. The third-order valence-corrected chi connectivity index (χ3v) is 3.38. The van der Waals surface area contributed by atoms with Gasteiger partial charge < -0.3 is 30.5 Å². The van der Waals surface area contributed by atoms with Gasteiger partial charge in [0.1, 0.15) is 6.10 Å².